The maximum absolute atomic E-state index is 12.3. The van der Waals surface area contributed by atoms with Gasteiger partial charge in [-0.2, -0.15) is 0 Å². The number of benzene rings is 2. The fraction of sp³-hybridized carbons (Fsp3) is 0. The Morgan fingerprint density at radius 3 is 2.20 bits per heavy atom. The minimum atomic E-state index is -0.372. The van der Waals surface area contributed by atoms with Crippen LogP contribution >= 0.6 is 0 Å². The molecule has 0 saturated heterocycles. The average molecular weight is 264 g/mol. The molecule has 0 aromatic heterocycles. The SMILES string of the molecule is [N-]=[N+]=Nc1cccc(N2C(=O)c3ccccc3C2=O)c1. The largest absolute Gasteiger partial charge is 0.268 e. The zero-order chi connectivity index (χ0) is 14.1. The van der Waals surface area contributed by atoms with E-state index in [2.05, 4.69) is 10.0 Å². The first-order valence-corrected chi connectivity index (χ1v) is 5.85. The summed E-state index contributed by atoms with van der Waals surface area (Å²) in [6.07, 6.45) is 0. The van der Waals surface area contributed by atoms with Gasteiger partial charge in [0.15, 0.2) is 0 Å². The van der Waals surface area contributed by atoms with Crippen molar-refractivity contribution in [3.05, 3.63) is 70.1 Å². The fourth-order valence-corrected chi connectivity index (χ4v) is 2.17. The lowest BCUT2D eigenvalue weighted by atomic mass is 10.1. The van der Waals surface area contributed by atoms with Crippen LogP contribution in [-0.4, -0.2) is 11.8 Å². The average Bonchev–Trinajstić information content (AvgIpc) is 2.72. The van der Waals surface area contributed by atoms with Crippen LogP contribution in [0.4, 0.5) is 11.4 Å². The number of hydrogen-bond donors (Lipinski definition) is 0. The molecule has 1 aliphatic rings. The number of amides is 2. The summed E-state index contributed by atoms with van der Waals surface area (Å²) in [5.41, 5.74) is 9.93. The summed E-state index contributed by atoms with van der Waals surface area (Å²) in [5.74, 6) is -0.743. The summed E-state index contributed by atoms with van der Waals surface area (Å²) in [6.45, 7) is 0. The topological polar surface area (TPSA) is 86.1 Å². The highest BCUT2D eigenvalue weighted by atomic mass is 16.2. The molecule has 0 atom stereocenters. The maximum atomic E-state index is 12.3. The Balaban J connectivity index is 2.09. The summed E-state index contributed by atoms with van der Waals surface area (Å²) >= 11 is 0. The zero-order valence-corrected chi connectivity index (χ0v) is 10.2. The number of fused-ring (bicyclic) bond motifs is 1. The van der Waals surface area contributed by atoms with Crippen LogP contribution in [0, 0.1) is 0 Å². The molecule has 0 radical (unpaired) electrons. The van der Waals surface area contributed by atoms with E-state index in [1.807, 2.05) is 0 Å². The first kappa shape index (κ1) is 12.0. The normalized spacial score (nSPS) is 13.1. The van der Waals surface area contributed by atoms with Gasteiger partial charge < -0.3 is 0 Å². The van der Waals surface area contributed by atoms with Gasteiger partial charge in [-0.1, -0.05) is 29.4 Å². The second-order valence-electron chi connectivity index (χ2n) is 4.20. The van der Waals surface area contributed by atoms with Gasteiger partial charge in [0.25, 0.3) is 11.8 Å². The first-order chi connectivity index (χ1) is 9.72. The number of azide groups is 1. The molecular weight excluding hydrogens is 256 g/mol. The molecule has 6 nitrogen and oxygen atoms in total. The molecular formula is C14H8N4O2. The van der Waals surface area contributed by atoms with Crippen LogP contribution in [0.15, 0.2) is 53.6 Å². The fourth-order valence-electron chi connectivity index (χ4n) is 2.17. The second kappa shape index (κ2) is 4.53. The summed E-state index contributed by atoms with van der Waals surface area (Å²) in [7, 11) is 0. The van der Waals surface area contributed by atoms with Gasteiger partial charge in [0.1, 0.15) is 0 Å². The summed E-state index contributed by atoms with van der Waals surface area (Å²) in [6, 6.07) is 13.0. The third-order valence-electron chi connectivity index (χ3n) is 3.04. The van der Waals surface area contributed by atoms with Gasteiger partial charge in [0, 0.05) is 10.6 Å². The molecule has 1 aliphatic heterocycles. The number of anilines is 1. The van der Waals surface area contributed by atoms with Crippen molar-refractivity contribution >= 4 is 23.2 Å². The van der Waals surface area contributed by atoms with Gasteiger partial charge in [0.2, 0.25) is 0 Å². The van der Waals surface area contributed by atoms with Crippen LogP contribution in [0.5, 0.6) is 0 Å². The van der Waals surface area contributed by atoms with Crippen LogP contribution < -0.4 is 4.90 Å². The second-order valence-corrected chi connectivity index (χ2v) is 4.20. The molecule has 96 valence electrons. The Morgan fingerprint density at radius 1 is 0.950 bits per heavy atom. The highest BCUT2D eigenvalue weighted by Gasteiger charge is 2.36. The molecule has 1 heterocycles. The predicted molar refractivity (Wildman–Crippen MR) is 72.8 cm³/mol. The zero-order valence-electron chi connectivity index (χ0n) is 10.2. The van der Waals surface area contributed by atoms with Crippen molar-refractivity contribution in [1.82, 2.24) is 0 Å². The van der Waals surface area contributed by atoms with E-state index in [1.54, 1.807) is 42.5 Å². The molecule has 0 spiro atoms. The van der Waals surface area contributed by atoms with Crippen molar-refractivity contribution in [2.75, 3.05) is 4.90 Å². The van der Waals surface area contributed by atoms with E-state index in [4.69, 9.17) is 5.53 Å². The molecule has 0 bridgehead atoms. The van der Waals surface area contributed by atoms with E-state index in [1.165, 1.54) is 6.07 Å². The van der Waals surface area contributed by atoms with Gasteiger partial charge in [-0.25, -0.2) is 4.90 Å². The molecule has 2 amide bonds. The van der Waals surface area contributed by atoms with Crippen molar-refractivity contribution in [1.29, 1.82) is 0 Å². The van der Waals surface area contributed by atoms with E-state index in [9.17, 15) is 9.59 Å². The van der Waals surface area contributed by atoms with Crippen LogP contribution in [0.2, 0.25) is 0 Å². The van der Waals surface area contributed by atoms with Crippen molar-refractivity contribution in [3.63, 3.8) is 0 Å². The third-order valence-corrected chi connectivity index (χ3v) is 3.04. The summed E-state index contributed by atoms with van der Waals surface area (Å²) in [4.78, 5) is 28.3. The summed E-state index contributed by atoms with van der Waals surface area (Å²) < 4.78 is 0. The Hall–Kier alpha value is -3.11. The number of rotatable bonds is 2. The van der Waals surface area contributed by atoms with Gasteiger partial charge in [0.05, 0.1) is 16.8 Å². The van der Waals surface area contributed by atoms with Gasteiger partial charge >= 0.3 is 0 Å². The number of carbonyl (C=O) groups is 2. The third kappa shape index (κ3) is 1.72. The highest BCUT2D eigenvalue weighted by Crippen LogP contribution is 2.30. The van der Waals surface area contributed by atoms with E-state index in [0.717, 1.165) is 4.90 Å². The van der Waals surface area contributed by atoms with Crippen molar-refractivity contribution < 1.29 is 9.59 Å². The Bertz CT molecular complexity index is 743. The Labute approximate surface area is 113 Å². The molecule has 0 unspecified atom stereocenters. The van der Waals surface area contributed by atoms with E-state index < -0.39 is 0 Å². The standard InChI is InChI=1S/C14H8N4O2/c15-17-16-9-4-3-5-10(8-9)18-13(19)11-6-1-2-7-12(11)14(18)20/h1-8H. The number of imide groups is 1. The number of nitrogens with zero attached hydrogens (tertiary/aromatic N) is 4. The van der Waals surface area contributed by atoms with Crippen molar-refractivity contribution in [2.24, 2.45) is 5.11 Å². The quantitative estimate of drug-likeness (QED) is 0.360. The molecule has 2 aromatic carbocycles. The maximum Gasteiger partial charge on any atom is 0.266 e. The van der Waals surface area contributed by atoms with E-state index in [-0.39, 0.29) is 11.8 Å². The van der Waals surface area contributed by atoms with Crippen LogP contribution in [0.3, 0.4) is 0 Å². The Kier molecular flexibility index (Phi) is 2.71. The molecule has 0 aliphatic carbocycles. The monoisotopic (exact) mass is 264 g/mol. The molecule has 0 N–H and O–H groups in total. The summed E-state index contributed by atoms with van der Waals surface area (Å²) in [5, 5.41) is 3.47. The van der Waals surface area contributed by atoms with E-state index >= 15 is 0 Å². The van der Waals surface area contributed by atoms with Crippen LogP contribution in [0.1, 0.15) is 20.7 Å². The highest BCUT2D eigenvalue weighted by molar-refractivity contribution is 6.34. The van der Waals surface area contributed by atoms with Gasteiger partial charge in [-0.15, -0.1) is 0 Å². The lowest BCUT2D eigenvalue weighted by Crippen LogP contribution is -2.29. The molecule has 0 saturated carbocycles. The predicted octanol–water partition coefficient (Wildman–Crippen LogP) is 3.43. The lowest BCUT2D eigenvalue weighted by Gasteiger charge is -2.14. The minimum absolute atomic E-state index is 0.349. The van der Waals surface area contributed by atoms with Crippen molar-refractivity contribution in [3.8, 4) is 0 Å². The Morgan fingerprint density at radius 2 is 1.60 bits per heavy atom. The first-order valence-electron chi connectivity index (χ1n) is 5.85. The molecule has 20 heavy (non-hydrogen) atoms. The molecule has 3 rings (SSSR count). The molecule has 2 aromatic rings. The van der Waals surface area contributed by atoms with Crippen LogP contribution in [0.25, 0.3) is 10.4 Å². The smallest absolute Gasteiger partial charge is 0.266 e. The number of carbonyl (C=O) groups excluding carboxylic acids is 2. The molecule has 0 fully saturated rings. The minimum Gasteiger partial charge on any atom is -0.268 e. The number of hydrogen-bond acceptors (Lipinski definition) is 3. The molecule has 6 heteroatoms. The van der Waals surface area contributed by atoms with Crippen LogP contribution in [-0.2, 0) is 0 Å². The van der Waals surface area contributed by atoms with E-state index in [0.29, 0.717) is 22.5 Å². The van der Waals surface area contributed by atoms with Gasteiger partial charge in [-0.05, 0) is 29.8 Å². The van der Waals surface area contributed by atoms with Crippen molar-refractivity contribution in [2.45, 2.75) is 0 Å². The van der Waals surface area contributed by atoms with Gasteiger partial charge in [-0.3, -0.25) is 9.59 Å². The lowest BCUT2D eigenvalue weighted by molar-refractivity contribution is 0.0926.